The Kier molecular flexibility index (Phi) is 3.15. The summed E-state index contributed by atoms with van der Waals surface area (Å²) in [5.74, 6) is -0.447. The molecule has 2 aromatic rings. The van der Waals surface area contributed by atoms with E-state index in [9.17, 15) is 4.79 Å². The summed E-state index contributed by atoms with van der Waals surface area (Å²) in [7, 11) is 1.35. The molecule has 0 N–H and O–H groups in total. The molecule has 0 unspecified atom stereocenters. The third-order valence-corrected chi connectivity index (χ3v) is 3.96. The molecule has 0 spiro atoms. The molecule has 98 valence electrons. The molecule has 1 aliphatic rings. The minimum atomic E-state index is -0.447. The van der Waals surface area contributed by atoms with Crippen molar-refractivity contribution in [2.24, 2.45) is 0 Å². The minimum absolute atomic E-state index is 0.277. The number of benzene rings is 1. The van der Waals surface area contributed by atoms with Crippen LogP contribution < -0.4 is 0 Å². The number of methoxy groups -OCH3 is 1. The van der Waals surface area contributed by atoms with Gasteiger partial charge >= 0.3 is 5.97 Å². The number of pyridine rings is 1. The zero-order chi connectivity index (χ0) is 13.4. The van der Waals surface area contributed by atoms with E-state index in [1.807, 2.05) is 6.07 Å². The van der Waals surface area contributed by atoms with Crippen molar-refractivity contribution in [3.63, 3.8) is 0 Å². The molecule has 1 aromatic carbocycles. The van der Waals surface area contributed by atoms with Crippen molar-refractivity contribution in [1.29, 1.82) is 0 Å². The van der Waals surface area contributed by atoms with Gasteiger partial charge in [-0.25, -0.2) is 9.78 Å². The Morgan fingerprint density at radius 2 is 2.11 bits per heavy atom. The number of hydrogen-bond acceptors (Lipinski definition) is 3. The molecular weight excluding hydrogens is 262 g/mol. The Balaban J connectivity index is 2.28. The summed E-state index contributed by atoms with van der Waals surface area (Å²) in [4.78, 5) is 16.1. The van der Waals surface area contributed by atoms with E-state index < -0.39 is 5.97 Å². The number of nitrogens with zero attached hydrogens (tertiary/aromatic N) is 1. The fraction of sp³-hybridized carbons (Fsp3) is 0.333. The first-order valence-corrected chi connectivity index (χ1v) is 6.78. The molecule has 0 atom stereocenters. The van der Waals surface area contributed by atoms with Crippen LogP contribution in [0.15, 0.2) is 18.2 Å². The molecule has 1 aliphatic carbocycles. The number of ether oxygens (including phenoxy) is 1. The first-order chi connectivity index (χ1) is 9.20. The fourth-order valence-corrected chi connectivity index (χ4v) is 2.94. The maximum atomic E-state index is 11.6. The summed E-state index contributed by atoms with van der Waals surface area (Å²) >= 11 is 6.26. The Hall–Kier alpha value is -1.61. The number of aromatic nitrogens is 1. The van der Waals surface area contributed by atoms with Gasteiger partial charge in [-0.3, -0.25) is 0 Å². The normalized spacial score (nSPS) is 14.2. The molecule has 0 saturated carbocycles. The third kappa shape index (κ3) is 2.08. The van der Waals surface area contributed by atoms with Gasteiger partial charge in [-0.15, -0.1) is 0 Å². The van der Waals surface area contributed by atoms with Crippen molar-refractivity contribution in [1.82, 2.24) is 4.98 Å². The molecule has 1 aromatic heterocycles. The summed E-state index contributed by atoms with van der Waals surface area (Å²) < 4.78 is 4.72. The average molecular weight is 276 g/mol. The van der Waals surface area contributed by atoms with Gasteiger partial charge in [0.05, 0.1) is 17.6 Å². The lowest BCUT2D eigenvalue weighted by Gasteiger charge is -2.18. The number of halogens is 1. The third-order valence-electron chi connectivity index (χ3n) is 3.65. The van der Waals surface area contributed by atoms with Crippen molar-refractivity contribution in [3.05, 3.63) is 40.0 Å². The highest BCUT2D eigenvalue weighted by Gasteiger charge is 2.17. The van der Waals surface area contributed by atoms with Gasteiger partial charge in [-0.2, -0.15) is 0 Å². The van der Waals surface area contributed by atoms with Crippen LogP contribution in [-0.2, 0) is 17.6 Å². The van der Waals surface area contributed by atoms with E-state index in [1.54, 1.807) is 6.07 Å². The predicted molar refractivity (Wildman–Crippen MR) is 74.7 cm³/mol. The van der Waals surface area contributed by atoms with E-state index in [-0.39, 0.29) is 5.69 Å². The van der Waals surface area contributed by atoms with E-state index in [2.05, 4.69) is 11.1 Å². The molecule has 0 radical (unpaired) electrons. The smallest absolute Gasteiger partial charge is 0.356 e. The lowest BCUT2D eigenvalue weighted by atomic mass is 9.89. The van der Waals surface area contributed by atoms with Gasteiger partial charge in [0, 0.05) is 5.39 Å². The molecule has 19 heavy (non-hydrogen) atoms. The Labute approximate surface area is 116 Å². The Morgan fingerprint density at radius 1 is 1.32 bits per heavy atom. The molecule has 3 nitrogen and oxygen atoms in total. The van der Waals surface area contributed by atoms with Gasteiger partial charge in [-0.1, -0.05) is 23.7 Å². The highest BCUT2D eigenvalue weighted by atomic mass is 35.5. The Morgan fingerprint density at radius 3 is 2.89 bits per heavy atom. The van der Waals surface area contributed by atoms with Crippen LogP contribution in [0.1, 0.15) is 34.5 Å². The zero-order valence-corrected chi connectivity index (χ0v) is 11.5. The predicted octanol–water partition coefficient (Wildman–Crippen LogP) is 3.55. The number of esters is 1. The van der Waals surface area contributed by atoms with Crippen LogP contribution in [0.5, 0.6) is 0 Å². The lowest BCUT2D eigenvalue weighted by molar-refractivity contribution is 0.0594. The number of fused-ring (bicyclic) bond motifs is 3. The number of rotatable bonds is 1. The van der Waals surface area contributed by atoms with Crippen LogP contribution in [0.2, 0.25) is 5.02 Å². The summed E-state index contributed by atoms with van der Waals surface area (Å²) in [6.45, 7) is 0. The van der Waals surface area contributed by atoms with Crippen molar-refractivity contribution in [2.45, 2.75) is 25.7 Å². The summed E-state index contributed by atoms with van der Waals surface area (Å²) in [5.41, 5.74) is 3.69. The standard InChI is InChI=1S/C15H14ClNO2/c1-19-15(18)13-8-12(16)11-7-6-9-4-2-3-5-10(9)14(11)17-13/h6-8H,2-5H2,1H3. The van der Waals surface area contributed by atoms with Crippen LogP contribution in [0.4, 0.5) is 0 Å². The van der Waals surface area contributed by atoms with Gasteiger partial charge in [0.15, 0.2) is 5.69 Å². The second-order valence-electron chi connectivity index (χ2n) is 4.79. The van der Waals surface area contributed by atoms with E-state index in [1.165, 1.54) is 24.7 Å². The molecule has 0 bridgehead atoms. The van der Waals surface area contributed by atoms with Gasteiger partial charge in [0.2, 0.25) is 0 Å². The topological polar surface area (TPSA) is 39.2 Å². The summed E-state index contributed by atoms with van der Waals surface area (Å²) in [5, 5.41) is 1.47. The van der Waals surface area contributed by atoms with Crippen molar-refractivity contribution in [2.75, 3.05) is 7.11 Å². The molecular formula is C15H14ClNO2. The summed E-state index contributed by atoms with van der Waals surface area (Å²) in [6, 6.07) is 5.70. The SMILES string of the molecule is COC(=O)c1cc(Cl)c2ccc3c(c2n1)CCCC3. The first-order valence-electron chi connectivity index (χ1n) is 6.40. The number of carbonyl (C=O) groups excluding carboxylic acids is 1. The molecule has 3 rings (SSSR count). The summed E-state index contributed by atoms with van der Waals surface area (Å²) in [6.07, 6.45) is 4.45. The zero-order valence-electron chi connectivity index (χ0n) is 10.7. The van der Waals surface area contributed by atoms with Gasteiger partial charge in [0.25, 0.3) is 0 Å². The highest BCUT2D eigenvalue weighted by Crippen LogP contribution is 2.31. The van der Waals surface area contributed by atoms with Crippen LogP contribution in [-0.4, -0.2) is 18.1 Å². The Bertz CT molecular complexity index is 667. The number of carbonyl (C=O) groups is 1. The molecule has 0 saturated heterocycles. The molecule has 0 amide bonds. The van der Waals surface area contributed by atoms with Crippen molar-refractivity contribution >= 4 is 28.5 Å². The van der Waals surface area contributed by atoms with E-state index in [0.29, 0.717) is 5.02 Å². The maximum Gasteiger partial charge on any atom is 0.356 e. The largest absolute Gasteiger partial charge is 0.464 e. The second kappa shape index (κ2) is 4.82. The van der Waals surface area contributed by atoms with Crippen LogP contribution >= 0.6 is 11.6 Å². The van der Waals surface area contributed by atoms with E-state index in [0.717, 1.165) is 30.2 Å². The van der Waals surface area contributed by atoms with Gasteiger partial charge in [-0.05, 0) is 42.9 Å². The monoisotopic (exact) mass is 275 g/mol. The quantitative estimate of drug-likeness (QED) is 0.747. The number of hydrogen-bond donors (Lipinski definition) is 0. The lowest BCUT2D eigenvalue weighted by Crippen LogP contribution is -2.08. The van der Waals surface area contributed by atoms with Crippen LogP contribution in [0, 0.1) is 0 Å². The van der Waals surface area contributed by atoms with E-state index >= 15 is 0 Å². The fourth-order valence-electron chi connectivity index (χ4n) is 2.69. The minimum Gasteiger partial charge on any atom is -0.464 e. The highest BCUT2D eigenvalue weighted by molar-refractivity contribution is 6.35. The first kappa shape index (κ1) is 12.4. The van der Waals surface area contributed by atoms with Crippen molar-refractivity contribution in [3.8, 4) is 0 Å². The number of aryl methyl sites for hydroxylation is 2. The molecule has 0 fully saturated rings. The molecule has 1 heterocycles. The van der Waals surface area contributed by atoms with Gasteiger partial charge in [0.1, 0.15) is 0 Å². The second-order valence-corrected chi connectivity index (χ2v) is 5.19. The van der Waals surface area contributed by atoms with Gasteiger partial charge < -0.3 is 4.74 Å². The van der Waals surface area contributed by atoms with E-state index in [4.69, 9.17) is 16.3 Å². The molecule has 0 aliphatic heterocycles. The molecule has 4 heteroatoms. The van der Waals surface area contributed by atoms with Crippen LogP contribution in [0.3, 0.4) is 0 Å². The van der Waals surface area contributed by atoms with Crippen LogP contribution in [0.25, 0.3) is 10.9 Å². The average Bonchev–Trinajstić information content (AvgIpc) is 2.46. The maximum absolute atomic E-state index is 11.6. The van der Waals surface area contributed by atoms with Crippen molar-refractivity contribution < 1.29 is 9.53 Å².